The van der Waals surface area contributed by atoms with Crippen LogP contribution in [0.5, 0.6) is 0 Å². The first-order chi connectivity index (χ1) is 10.3. The van der Waals surface area contributed by atoms with E-state index in [1.165, 1.54) is 43.4 Å². The molecule has 1 saturated heterocycles. The van der Waals surface area contributed by atoms with Crippen LogP contribution < -0.4 is 10.6 Å². The monoisotopic (exact) mass is 288 g/mol. The molecule has 1 unspecified atom stereocenters. The third-order valence-corrected chi connectivity index (χ3v) is 5.14. The maximum absolute atomic E-state index is 6.09. The van der Waals surface area contributed by atoms with Crippen LogP contribution in [-0.2, 0) is 11.3 Å². The number of nitrogens with two attached hydrogens (primary N) is 1. The van der Waals surface area contributed by atoms with Gasteiger partial charge in [0.25, 0.3) is 0 Å². The van der Waals surface area contributed by atoms with Crippen molar-refractivity contribution in [3.05, 3.63) is 29.8 Å². The Bertz CT molecular complexity index is 453. The number of hydrogen-bond acceptors (Lipinski definition) is 3. The lowest BCUT2D eigenvalue weighted by molar-refractivity contribution is -0.132. The fraction of sp³-hybridized carbons (Fsp3) is 0.667. The molecule has 1 aliphatic carbocycles. The van der Waals surface area contributed by atoms with Gasteiger partial charge in [-0.05, 0) is 56.2 Å². The Morgan fingerprint density at radius 2 is 2.05 bits per heavy atom. The fourth-order valence-corrected chi connectivity index (χ4v) is 3.77. The van der Waals surface area contributed by atoms with Gasteiger partial charge in [-0.25, -0.2) is 0 Å². The van der Waals surface area contributed by atoms with Crippen LogP contribution in [0.3, 0.4) is 0 Å². The van der Waals surface area contributed by atoms with Gasteiger partial charge in [-0.15, -0.1) is 0 Å². The summed E-state index contributed by atoms with van der Waals surface area (Å²) in [5.41, 5.74) is 8.47. The summed E-state index contributed by atoms with van der Waals surface area (Å²) in [6.45, 7) is 4.93. The molecule has 1 heterocycles. The number of rotatable bonds is 5. The molecule has 3 heteroatoms. The summed E-state index contributed by atoms with van der Waals surface area (Å²) < 4.78 is 6.09. The van der Waals surface area contributed by atoms with E-state index in [-0.39, 0.29) is 5.60 Å². The summed E-state index contributed by atoms with van der Waals surface area (Å²) in [5.74, 6) is 0. The lowest BCUT2D eigenvalue weighted by Gasteiger charge is -2.50. The molecule has 0 radical (unpaired) electrons. The van der Waals surface area contributed by atoms with Gasteiger partial charge in [0.15, 0.2) is 0 Å². The van der Waals surface area contributed by atoms with Crippen LogP contribution in [0.2, 0.25) is 0 Å². The molecule has 116 valence electrons. The first-order valence-corrected chi connectivity index (χ1v) is 8.46. The second-order valence-corrected chi connectivity index (χ2v) is 6.60. The topological polar surface area (TPSA) is 38.5 Å². The SMILES string of the molecule is CCCN(c1ccc(CN)cc1)C1CCOC2(CCC2)C1. The largest absolute Gasteiger partial charge is 0.375 e. The van der Waals surface area contributed by atoms with E-state index in [9.17, 15) is 0 Å². The summed E-state index contributed by atoms with van der Waals surface area (Å²) in [7, 11) is 0. The first kappa shape index (κ1) is 14.9. The van der Waals surface area contributed by atoms with Crippen molar-refractivity contribution in [2.45, 2.75) is 63.6 Å². The van der Waals surface area contributed by atoms with E-state index in [1.807, 2.05) is 0 Å². The van der Waals surface area contributed by atoms with Crippen molar-refractivity contribution in [2.24, 2.45) is 5.73 Å². The maximum atomic E-state index is 6.09. The molecule has 1 aromatic rings. The Morgan fingerprint density at radius 3 is 2.62 bits per heavy atom. The highest BCUT2D eigenvalue weighted by atomic mass is 16.5. The van der Waals surface area contributed by atoms with E-state index in [0.29, 0.717) is 12.6 Å². The van der Waals surface area contributed by atoms with Crippen molar-refractivity contribution in [2.75, 3.05) is 18.1 Å². The molecule has 1 atom stereocenters. The molecule has 1 spiro atoms. The van der Waals surface area contributed by atoms with Gasteiger partial charge in [-0.2, -0.15) is 0 Å². The summed E-state index contributed by atoms with van der Waals surface area (Å²) in [4.78, 5) is 2.60. The van der Waals surface area contributed by atoms with Crippen molar-refractivity contribution in [1.29, 1.82) is 0 Å². The highest BCUT2D eigenvalue weighted by Gasteiger charge is 2.43. The minimum Gasteiger partial charge on any atom is -0.375 e. The van der Waals surface area contributed by atoms with Gasteiger partial charge < -0.3 is 15.4 Å². The molecular formula is C18H28N2O. The summed E-state index contributed by atoms with van der Waals surface area (Å²) in [6, 6.07) is 9.43. The Morgan fingerprint density at radius 1 is 1.29 bits per heavy atom. The van der Waals surface area contributed by atoms with Crippen molar-refractivity contribution < 1.29 is 4.74 Å². The van der Waals surface area contributed by atoms with Crippen LogP contribution in [0, 0.1) is 0 Å². The molecule has 0 bridgehead atoms. The van der Waals surface area contributed by atoms with Crippen LogP contribution in [0.1, 0.15) is 51.0 Å². The molecule has 3 rings (SSSR count). The standard InChI is InChI=1S/C18H28N2O/c1-2-11-20(16-6-4-15(14-19)5-7-16)17-8-12-21-18(13-17)9-3-10-18/h4-7,17H,2-3,8-14,19H2,1H3. The van der Waals surface area contributed by atoms with E-state index in [4.69, 9.17) is 10.5 Å². The van der Waals surface area contributed by atoms with Crippen LogP contribution in [0.4, 0.5) is 5.69 Å². The number of anilines is 1. The average Bonchev–Trinajstić information content (AvgIpc) is 2.51. The van der Waals surface area contributed by atoms with Crippen molar-refractivity contribution in [3.63, 3.8) is 0 Å². The first-order valence-electron chi connectivity index (χ1n) is 8.46. The highest BCUT2D eigenvalue weighted by Crippen LogP contribution is 2.44. The number of benzene rings is 1. The Kier molecular flexibility index (Phi) is 4.51. The summed E-state index contributed by atoms with van der Waals surface area (Å²) in [5, 5.41) is 0. The Hall–Kier alpha value is -1.06. The van der Waals surface area contributed by atoms with Gasteiger partial charge in [0.05, 0.1) is 5.60 Å². The van der Waals surface area contributed by atoms with Crippen LogP contribution >= 0.6 is 0 Å². The Labute approximate surface area is 128 Å². The second kappa shape index (κ2) is 6.37. The quantitative estimate of drug-likeness (QED) is 0.901. The zero-order valence-corrected chi connectivity index (χ0v) is 13.2. The van der Waals surface area contributed by atoms with Crippen molar-refractivity contribution >= 4 is 5.69 Å². The predicted molar refractivity (Wildman–Crippen MR) is 87.5 cm³/mol. The highest BCUT2D eigenvalue weighted by molar-refractivity contribution is 5.49. The van der Waals surface area contributed by atoms with E-state index in [1.54, 1.807) is 0 Å². The zero-order valence-electron chi connectivity index (χ0n) is 13.2. The van der Waals surface area contributed by atoms with Gasteiger partial charge in [0, 0.05) is 31.4 Å². The normalized spacial score (nSPS) is 23.8. The minimum absolute atomic E-state index is 0.214. The lowest BCUT2D eigenvalue weighted by Crippen LogP contribution is -2.52. The molecule has 1 aliphatic heterocycles. The van der Waals surface area contributed by atoms with E-state index in [2.05, 4.69) is 36.1 Å². The summed E-state index contributed by atoms with van der Waals surface area (Å²) >= 11 is 0. The van der Waals surface area contributed by atoms with Gasteiger partial charge in [0.1, 0.15) is 0 Å². The number of ether oxygens (including phenoxy) is 1. The fourth-order valence-electron chi connectivity index (χ4n) is 3.77. The number of hydrogen-bond donors (Lipinski definition) is 1. The third kappa shape index (κ3) is 3.09. The average molecular weight is 288 g/mol. The molecule has 2 aliphatic rings. The Balaban J connectivity index is 1.76. The molecule has 1 aromatic carbocycles. The molecule has 3 nitrogen and oxygen atoms in total. The predicted octanol–water partition coefficient (Wildman–Crippen LogP) is 3.46. The maximum Gasteiger partial charge on any atom is 0.0702 e. The molecule has 1 saturated carbocycles. The van der Waals surface area contributed by atoms with Crippen molar-refractivity contribution in [1.82, 2.24) is 0 Å². The van der Waals surface area contributed by atoms with Crippen LogP contribution in [0.15, 0.2) is 24.3 Å². The second-order valence-electron chi connectivity index (χ2n) is 6.60. The van der Waals surface area contributed by atoms with E-state index < -0.39 is 0 Å². The molecule has 2 fully saturated rings. The molecular weight excluding hydrogens is 260 g/mol. The molecule has 0 amide bonds. The molecule has 21 heavy (non-hydrogen) atoms. The zero-order chi connectivity index (χ0) is 14.7. The van der Waals surface area contributed by atoms with E-state index >= 15 is 0 Å². The van der Waals surface area contributed by atoms with Gasteiger partial charge in [0.2, 0.25) is 0 Å². The lowest BCUT2D eigenvalue weighted by atomic mass is 9.73. The summed E-state index contributed by atoms with van der Waals surface area (Å²) in [6.07, 6.45) is 7.39. The van der Waals surface area contributed by atoms with Gasteiger partial charge in [-0.3, -0.25) is 0 Å². The molecule has 2 N–H and O–H groups in total. The minimum atomic E-state index is 0.214. The molecule has 0 aromatic heterocycles. The number of nitrogens with zero attached hydrogens (tertiary/aromatic N) is 1. The van der Waals surface area contributed by atoms with Crippen LogP contribution in [-0.4, -0.2) is 24.8 Å². The van der Waals surface area contributed by atoms with Gasteiger partial charge >= 0.3 is 0 Å². The smallest absolute Gasteiger partial charge is 0.0702 e. The van der Waals surface area contributed by atoms with Crippen molar-refractivity contribution in [3.8, 4) is 0 Å². The third-order valence-electron chi connectivity index (χ3n) is 5.14. The van der Waals surface area contributed by atoms with Gasteiger partial charge in [-0.1, -0.05) is 19.1 Å². The van der Waals surface area contributed by atoms with E-state index in [0.717, 1.165) is 19.6 Å². The van der Waals surface area contributed by atoms with Crippen LogP contribution in [0.25, 0.3) is 0 Å².